The quantitative estimate of drug-likeness (QED) is 0.629. The Balaban J connectivity index is 2.29. The van der Waals surface area contributed by atoms with Crippen LogP contribution in [-0.4, -0.2) is 28.8 Å². The van der Waals surface area contributed by atoms with E-state index in [-0.39, 0.29) is 35.5 Å². The molecule has 0 fully saturated rings. The lowest BCUT2D eigenvalue weighted by atomic mass is 10.1. The summed E-state index contributed by atoms with van der Waals surface area (Å²) in [4.78, 5) is 27.2. The van der Waals surface area contributed by atoms with Crippen LogP contribution >= 0.6 is 23.2 Å². The van der Waals surface area contributed by atoms with Crippen LogP contribution in [0, 0.1) is 5.82 Å². The SMILES string of the molecule is CC[C@@H](C)NC(=O)[C@@H](C)N(Cc1cccc(Cl)c1)C(=O)Cc1c(F)cccc1Cl. The van der Waals surface area contributed by atoms with Gasteiger partial charge in [0.2, 0.25) is 11.8 Å². The average Bonchev–Trinajstić information content (AvgIpc) is 2.68. The molecule has 0 radical (unpaired) electrons. The van der Waals surface area contributed by atoms with Crippen molar-refractivity contribution in [2.24, 2.45) is 0 Å². The van der Waals surface area contributed by atoms with Crippen LogP contribution in [0.25, 0.3) is 0 Å². The molecular weight excluding hydrogens is 414 g/mol. The molecule has 0 bridgehead atoms. The third-order valence-electron chi connectivity index (χ3n) is 4.80. The van der Waals surface area contributed by atoms with E-state index in [2.05, 4.69) is 5.32 Å². The number of hydrogen-bond donors (Lipinski definition) is 1. The first-order chi connectivity index (χ1) is 13.7. The summed E-state index contributed by atoms with van der Waals surface area (Å²) >= 11 is 12.1. The summed E-state index contributed by atoms with van der Waals surface area (Å²) in [6.07, 6.45) is 0.526. The normalized spacial score (nSPS) is 12.9. The molecule has 2 amide bonds. The smallest absolute Gasteiger partial charge is 0.242 e. The van der Waals surface area contributed by atoms with Crippen LogP contribution < -0.4 is 5.32 Å². The van der Waals surface area contributed by atoms with Gasteiger partial charge in [-0.05, 0) is 50.1 Å². The molecule has 0 unspecified atom stereocenters. The van der Waals surface area contributed by atoms with Gasteiger partial charge in [-0.15, -0.1) is 0 Å². The molecule has 0 aliphatic carbocycles. The molecule has 156 valence electrons. The largest absolute Gasteiger partial charge is 0.352 e. The lowest BCUT2D eigenvalue weighted by Crippen LogP contribution is -2.50. The van der Waals surface area contributed by atoms with Crippen molar-refractivity contribution in [2.75, 3.05) is 0 Å². The number of carbonyl (C=O) groups is 2. The Labute approximate surface area is 181 Å². The molecule has 7 heteroatoms. The van der Waals surface area contributed by atoms with Gasteiger partial charge in [-0.1, -0.05) is 48.3 Å². The molecule has 4 nitrogen and oxygen atoms in total. The molecule has 0 aliphatic heterocycles. The first kappa shape index (κ1) is 23.2. The summed E-state index contributed by atoms with van der Waals surface area (Å²) in [5.41, 5.74) is 0.887. The highest BCUT2D eigenvalue weighted by Gasteiger charge is 2.28. The summed E-state index contributed by atoms with van der Waals surface area (Å²) in [5.74, 6) is -1.22. The minimum atomic E-state index is -0.749. The minimum Gasteiger partial charge on any atom is -0.352 e. The highest BCUT2D eigenvalue weighted by atomic mass is 35.5. The van der Waals surface area contributed by atoms with Crippen LogP contribution in [-0.2, 0) is 22.6 Å². The monoisotopic (exact) mass is 438 g/mol. The predicted molar refractivity (Wildman–Crippen MR) is 114 cm³/mol. The van der Waals surface area contributed by atoms with Crippen LogP contribution in [0.5, 0.6) is 0 Å². The van der Waals surface area contributed by atoms with Crippen LogP contribution in [0.1, 0.15) is 38.3 Å². The van der Waals surface area contributed by atoms with Crippen molar-refractivity contribution in [3.8, 4) is 0 Å². The van der Waals surface area contributed by atoms with E-state index in [1.165, 1.54) is 23.1 Å². The van der Waals surface area contributed by atoms with Gasteiger partial charge >= 0.3 is 0 Å². The number of hydrogen-bond acceptors (Lipinski definition) is 2. The zero-order valence-electron chi connectivity index (χ0n) is 16.7. The van der Waals surface area contributed by atoms with Crippen molar-refractivity contribution >= 4 is 35.0 Å². The van der Waals surface area contributed by atoms with Gasteiger partial charge in [0.05, 0.1) is 6.42 Å². The Kier molecular flexibility index (Phi) is 8.47. The van der Waals surface area contributed by atoms with E-state index in [0.29, 0.717) is 5.02 Å². The van der Waals surface area contributed by atoms with Crippen molar-refractivity contribution in [2.45, 2.75) is 52.2 Å². The number of carbonyl (C=O) groups excluding carboxylic acids is 2. The molecule has 29 heavy (non-hydrogen) atoms. The Hall–Kier alpha value is -2.11. The van der Waals surface area contributed by atoms with Crippen LogP contribution in [0.15, 0.2) is 42.5 Å². The van der Waals surface area contributed by atoms with Crippen LogP contribution in [0.4, 0.5) is 4.39 Å². The van der Waals surface area contributed by atoms with E-state index in [9.17, 15) is 14.0 Å². The summed E-state index contributed by atoms with van der Waals surface area (Å²) in [5, 5.41) is 3.60. The zero-order chi connectivity index (χ0) is 21.6. The van der Waals surface area contributed by atoms with Gasteiger partial charge in [0.25, 0.3) is 0 Å². The van der Waals surface area contributed by atoms with E-state index in [1.807, 2.05) is 19.9 Å². The van der Waals surface area contributed by atoms with Gasteiger partial charge in [-0.25, -0.2) is 4.39 Å². The summed E-state index contributed by atoms with van der Waals surface area (Å²) < 4.78 is 14.2. The maximum Gasteiger partial charge on any atom is 0.242 e. The molecular formula is C22H25Cl2FN2O2. The number of rotatable bonds is 8. The van der Waals surface area contributed by atoms with Crippen molar-refractivity contribution in [3.05, 3.63) is 69.5 Å². The molecule has 0 saturated heterocycles. The van der Waals surface area contributed by atoms with E-state index in [0.717, 1.165) is 12.0 Å². The van der Waals surface area contributed by atoms with Gasteiger partial charge in [-0.3, -0.25) is 9.59 Å². The molecule has 2 rings (SSSR count). The number of nitrogens with one attached hydrogen (secondary N) is 1. The van der Waals surface area contributed by atoms with Crippen molar-refractivity contribution < 1.29 is 14.0 Å². The Morgan fingerprint density at radius 1 is 1.14 bits per heavy atom. The zero-order valence-corrected chi connectivity index (χ0v) is 18.2. The number of halogens is 3. The molecule has 0 heterocycles. The summed E-state index contributed by atoms with van der Waals surface area (Å²) in [6.45, 7) is 5.68. The highest BCUT2D eigenvalue weighted by Crippen LogP contribution is 2.22. The van der Waals surface area contributed by atoms with E-state index in [4.69, 9.17) is 23.2 Å². The Morgan fingerprint density at radius 2 is 1.83 bits per heavy atom. The Morgan fingerprint density at radius 3 is 2.45 bits per heavy atom. The molecule has 0 spiro atoms. The Bertz CT molecular complexity index is 855. The van der Waals surface area contributed by atoms with Gasteiger partial charge in [0, 0.05) is 28.2 Å². The maximum absolute atomic E-state index is 14.2. The van der Waals surface area contributed by atoms with Crippen LogP contribution in [0.2, 0.25) is 10.0 Å². The first-order valence-corrected chi connectivity index (χ1v) is 10.3. The lowest BCUT2D eigenvalue weighted by molar-refractivity contribution is -0.140. The van der Waals surface area contributed by atoms with Crippen molar-refractivity contribution in [1.29, 1.82) is 0 Å². The topological polar surface area (TPSA) is 49.4 Å². The molecule has 2 aromatic rings. The first-order valence-electron chi connectivity index (χ1n) is 9.50. The molecule has 1 N–H and O–H groups in total. The second-order valence-corrected chi connectivity index (χ2v) is 7.87. The lowest BCUT2D eigenvalue weighted by Gasteiger charge is -2.30. The maximum atomic E-state index is 14.2. The van der Waals surface area contributed by atoms with Gasteiger partial charge in [0.1, 0.15) is 11.9 Å². The van der Waals surface area contributed by atoms with Crippen molar-refractivity contribution in [1.82, 2.24) is 10.2 Å². The predicted octanol–water partition coefficient (Wildman–Crippen LogP) is 5.01. The number of amides is 2. The fourth-order valence-corrected chi connectivity index (χ4v) is 3.28. The summed E-state index contributed by atoms with van der Waals surface area (Å²) in [6, 6.07) is 10.6. The fraction of sp³-hybridized carbons (Fsp3) is 0.364. The second-order valence-electron chi connectivity index (χ2n) is 7.02. The standard InChI is InChI=1S/C22H25Cl2FN2O2/c1-4-14(2)26-22(29)15(3)27(13-16-7-5-8-17(23)11-16)21(28)12-18-19(24)9-6-10-20(18)25/h5-11,14-15H,4,12-13H2,1-3H3,(H,26,29)/t14-,15-/m1/s1. The number of benzene rings is 2. The molecule has 0 aliphatic rings. The highest BCUT2D eigenvalue weighted by molar-refractivity contribution is 6.31. The van der Waals surface area contributed by atoms with Crippen molar-refractivity contribution in [3.63, 3.8) is 0 Å². The van der Waals surface area contributed by atoms with E-state index >= 15 is 0 Å². The average molecular weight is 439 g/mol. The third kappa shape index (κ3) is 6.44. The molecule has 0 saturated carbocycles. The van der Waals surface area contributed by atoms with E-state index in [1.54, 1.807) is 25.1 Å². The molecule has 2 atom stereocenters. The van der Waals surface area contributed by atoms with Crippen LogP contribution in [0.3, 0.4) is 0 Å². The fourth-order valence-electron chi connectivity index (χ4n) is 2.83. The van der Waals surface area contributed by atoms with E-state index < -0.39 is 17.8 Å². The summed E-state index contributed by atoms with van der Waals surface area (Å²) in [7, 11) is 0. The second kappa shape index (κ2) is 10.6. The van der Waals surface area contributed by atoms with Gasteiger partial charge < -0.3 is 10.2 Å². The minimum absolute atomic E-state index is 0.0194. The third-order valence-corrected chi connectivity index (χ3v) is 5.39. The number of nitrogens with zero attached hydrogens (tertiary/aromatic N) is 1. The molecule has 0 aromatic heterocycles. The molecule has 2 aromatic carbocycles. The van der Waals surface area contributed by atoms with Gasteiger partial charge in [0.15, 0.2) is 0 Å². The van der Waals surface area contributed by atoms with Gasteiger partial charge in [-0.2, -0.15) is 0 Å².